The smallest absolute Gasteiger partial charge is 0.408 e. The third-order valence-electron chi connectivity index (χ3n) is 4.16. The van der Waals surface area contributed by atoms with Crippen LogP contribution in [0.1, 0.15) is 39.2 Å². The standard InChI is InChI=1S/C20H30N6O7/c1-20(2,3)33-19(30)24-14(11-12-7-5-4-6-8-12)16(27)25-15(26(31)32)10-9-13(17(28)29)23-18(21)22/h4-8,13-15H,9-11H2,1-3H3,(H,24,30)(H,25,27)(H,28,29)(H4,21,22,23)/t13?,14-,15?/m1/s1. The first-order valence-electron chi connectivity index (χ1n) is 10.1. The topological polar surface area (TPSA) is 212 Å². The highest BCUT2D eigenvalue weighted by atomic mass is 16.6. The fraction of sp³-hybridized carbons (Fsp3) is 0.500. The predicted molar refractivity (Wildman–Crippen MR) is 119 cm³/mol. The Bertz CT molecular complexity index is 865. The maximum absolute atomic E-state index is 12.9. The van der Waals surface area contributed by atoms with Crippen molar-refractivity contribution < 1.29 is 29.2 Å². The van der Waals surface area contributed by atoms with Crippen LogP contribution in [0.4, 0.5) is 4.79 Å². The molecule has 33 heavy (non-hydrogen) atoms. The van der Waals surface area contributed by atoms with Crippen LogP contribution in [-0.2, 0) is 20.7 Å². The molecule has 1 aromatic rings. The minimum absolute atomic E-state index is 0.0438. The lowest BCUT2D eigenvalue weighted by Crippen LogP contribution is -2.53. The molecule has 2 amide bonds. The number of rotatable bonds is 11. The van der Waals surface area contributed by atoms with Gasteiger partial charge in [0.05, 0.1) is 0 Å². The molecule has 0 bridgehead atoms. The van der Waals surface area contributed by atoms with E-state index in [0.717, 1.165) is 0 Å². The summed E-state index contributed by atoms with van der Waals surface area (Å²) in [5.74, 6) is -2.68. The Morgan fingerprint density at radius 3 is 2.24 bits per heavy atom. The number of nitro groups is 1. The van der Waals surface area contributed by atoms with E-state index >= 15 is 0 Å². The summed E-state index contributed by atoms with van der Waals surface area (Å²) < 4.78 is 5.18. The SMILES string of the molecule is CC(C)(C)OC(=O)N[C@H](Cc1ccccc1)C(=O)NC(CCC(N=C(N)N)C(=O)O)[N+](=O)[O-]. The number of carbonyl (C=O) groups excluding carboxylic acids is 2. The van der Waals surface area contributed by atoms with Crippen molar-refractivity contribution in [3.63, 3.8) is 0 Å². The van der Waals surface area contributed by atoms with Crippen LogP contribution in [0.15, 0.2) is 35.3 Å². The van der Waals surface area contributed by atoms with E-state index < -0.39 is 52.7 Å². The number of carbonyl (C=O) groups is 3. The van der Waals surface area contributed by atoms with Crippen LogP contribution in [-0.4, -0.2) is 57.8 Å². The summed E-state index contributed by atoms with van der Waals surface area (Å²) in [7, 11) is 0. The summed E-state index contributed by atoms with van der Waals surface area (Å²) >= 11 is 0. The van der Waals surface area contributed by atoms with Crippen molar-refractivity contribution in [2.75, 3.05) is 0 Å². The molecule has 182 valence electrons. The van der Waals surface area contributed by atoms with Crippen molar-refractivity contribution in [1.82, 2.24) is 10.6 Å². The molecule has 0 spiro atoms. The molecule has 0 saturated carbocycles. The first-order valence-corrected chi connectivity index (χ1v) is 10.1. The molecule has 0 aliphatic heterocycles. The zero-order chi connectivity index (χ0) is 25.2. The molecule has 1 aromatic carbocycles. The molecule has 13 nitrogen and oxygen atoms in total. The minimum Gasteiger partial charge on any atom is -0.480 e. The van der Waals surface area contributed by atoms with Gasteiger partial charge in [-0.25, -0.2) is 14.6 Å². The molecule has 3 atom stereocenters. The highest BCUT2D eigenvalue weighted by molar-refractivity contribution is 5.86. The lowest BCUT2D eigenvalue weighted by molar-refractivity contribution is -0.528. The normalized spacial score (nSPS) is 13.7. The molecule has 0 aliphatic rings. The second-order valence-electron chi connectivity index (χ2n) is 8.18. The molecular weight excluding hydrogens is 436 g/mol. The summed E-state index contributed by atoms with van der Waals surface area (Å²) in [5, 5.41) is 25.3. The van der Waals surface area contributed by atoms with Crippen LogP contribution in [0, 0.1) is 10.1 Å². The second-order valence-corrected chi connectivity index (χ2v) is 8.18. The van der Waals surface area contributed by atoms with Gasteiger partial charge in [0.15, 0.2) is 12.0 Å². The van der Waals surface area contributed by atoms with Gasteiger partial charge in [0.2, 0.25) is 5.91 Å². The number of carboxylic acid groups (broad SMARTS) is 1. The minimum atomic E-state index is -1.63. The van der Waals surface area contributed by atoms with Crippen molar-refractivity contribution >= 4 is 23.9 Å². The molecule has 7 N–H and O–H groups in total. The van der Waals surface area contributed by atoms with Gasteiger partial charge in [0, 0.05) is 17.8 Å². The number of aliphatic imine (C=N–C) groups is 1. The number of carboxylic acids is 1. The van der Waals surface area contributed by atoms with Crippen molar-refractivity contribution in [3.8, 4) is 0 Å². The average Bonchev–Trinajstić information content (AvgIpc) is 2.68. The summed E-state index contributed by atoms with van der Waals surface area (Å²) in [5.41, 5.74) is 10.3. The molecular formula is C20H30N6O7. The van der Waals surface area contributed by atoms with Gasteiger partial charge in [0.1, 0.15) is 11.6 Å². The molecule has 0 radical (unpaired) electrons. The molecule has 1 rings (SSSR count). The molecule has 0 heterocycles. The van der Waals surface area contributed by atoms with Gasteiger partial charge in [-0.15, -0.1) is 0 Å². The zero-order valence-electron chi connectivity index (χ0n) is 18.7. The number of aliphatic carboxylic acids is 1. The zero-order valence-corrected chi connectivity index (χ0v) is 18.7. The number of hydrogen-bond donors (Lipinski definition) is 5. The number of nitrogens with two attached hydrogens (primary N) is 2. The molecule has 13 heteroatoms. The van der Waals surface area contributed by atoms with Gasteiger partial charge in [-0.05, 0) is 32.8 Å². The molecule has 2 unspecified atom stereocenters. The number of ether oxygens (including phenoxy) is 1. The highest BCUT2D eigenvalue weighted by Gasteiger charge is 2.31. The Morgan fingerprint density at radius 1 is 1.15 bits per heavy atom. The van der Waals surface area contributed by atoms with Crippen LogP contribution in [0.3, 0.4) is 0 Å². The monoisotopic (exact) mass is 466 g/mol. The molecule has 0 fully saturated rings. The second kappa shape index (κ2) is 12.2. The Balaban J connectivity index is 2.97. The van der Waals surface area contributed by atoms with Crippen LogP contribution in [0.2, 0.25) is 0 Å². The van der Waals surface area contributed by atoms with Gasteiger partial charge in [-0.3, -0.25) is 20.2 Å². The van der Waals surface area contributed by atoms with E-state index in [-0.39, 0.29) is 19.3 Å². The van der Waals surface area contributed by atoms with E-state index in [1.54, 1.807) is 51.1 Å². The van der Waals surface area contributed by atoms with E-state index in [4.69, 9.17) is 21.3 Å². The van der Waals surface area contributed by atoms with E-state index in [9.17, 15) is 24.5 Å². The third-order valence-corrected chi connectivity index (χ3v) is 4.16. The number of nitrogens with one attached hydrogen (secondary N) is 2. The largest absolute Gasteiger partial charge is 0.480 e. The fourth-order valence-electron chi connectivity index (χ4n) is 2.74. The predicted octanol–water partition coefficient (Wildman–Crippen LogP) is 0.348. The van der Waals surface area contributed by atoms with Crippen molar-refractivity contribution in [2.45, 2.75) is 63.9 Å². The van der Waals surface area contributed by atoms with Gasteiger partial charge in [-0.2, -0.15) is 0 Å². The van der Waals surface area contributed by atoms with E-state index in [1.165, 1.54) is 0 Å². The number of nitrogens with zero attached hydrogens (tertiary/aromatic N) is 2. The Kier molecular flexibility index (Phi) is 10.0. The summed E-state index contributed by atoms with van der Waals surface area (Å²) in [6, 6.07) is 6.13. The number of hydrogen-bond acceptors (Lipinski definition) is 7. The average molecular weight is 466 g/mol. The lowest BCUT2D eigenvalue weighted by atomic mass is 10.0. The number of amides is 2. The van der Waals surface area contributed by atoms with Gasteiger partial charge < -0.3 is 26.6 Å². The number of alkyl carbamates (subject to hydrolysis) is 1. The van der Waals surface area contributed by atoms with Crippen LogP contribution >= 0.6 is 0 Å². The number of guanidine groups is 1. The van der Waals surface area contributed by atoms with Gasteiger partial charge in [-0.1, -0.05) is 30.3 Å². The summed E-state index contributed by atoms with van der Waals surface area (Å²) in [4.78, 5) is 50.6. The van der Waals surface area contributed by atoms with Crippen LogP contribution in [0.25, 0.3) is 0 Å². The van der Waals surface area contributed by atoms with Crippen molar-refractivity contribution in [3.05, 3.63) is 46.0 Å². The quantitative estimate of drug-likeness (QED) is 0.0998. The lowest BCUT2D eigenvalue weighted by Gasteiger charge is -2.24. The first-order chi connectivity index (χ1) is 15.3. The molecule has 0 aromatic heterocycles. The van der Waals surface area contributed by atoms with Crippen molar-refractivity contribution in [1.29, 1.82) is 0 Å². The van der Waals surface area contributed by atoms with Crippen molar-refractivity contribution in [2.24, 2.45) is 16.5 Å². The molecule has 0 aliphatic carbocycles. The van der Waals surface area contributed by atoms with Gasteiger partial charge >= 0.3 is 12.1 Å². The van der Waals surface area contributed by atoms with Crippen LogP contribution < -0.4 is 22.1 Å². The fourth-order valence-corrected chi connectivity index (χ4v) is 2.74. The highest BCUT2D eigenvalue weighted by Crippen LogP contribution is 2.11. The third kappa shape index (κ3) is 10.8. The Labute approximate surface area is 190 Å². The number of benzene rings is 1. The maximum Gasteiger partial charge on any atom is 0.408 e. The summed E-state index contributed by atoms with van der Waals surface area (Å²) in [6.45, 7) is 4.95. The van der Waals surface area contributed by atoms with E-state index in [0.29, 0.717) is 5.56 Å². The summed E-state index contributed by atoms with van der Waals surface area (Å²) in [6.07, 6.45) is -3.12. The van der Waals surface area contributed by atoms with Crippen LogP contribution in [0.5, 0.6) is 0 Å². The Morgan fingerprint density at radius 2 is 1.76 bits per heavy atom. The van der Waals surface area contributed by atoms with Gasteiger partial charge in [0.25, 0.3) is 6.17 Å². The first kappa shape index (κ1) is 27.1. The maximum atomic E-state index is 12.9. The molecule has 0 saturated heterocycles. The Hall–Kier alpha value is -3.90. The van der Waals surface area contributed by atoms with E-state index in [2.05, 4.69) is 15.6 Å². The van der Waals surface area contributed by atoms with E-state index in [1.807, 2.05) is 0 Å².